The van der Waals surface area contributed by atoms with Crippen LogP contribution in [-0.2, 0) is 4.74 Å². The third-order valence-corrected chi connectivity index (χ3v) is 5.67. The molecule has 5 heteroatoms. The zero-order valence-electron chi connectivity index (χ0n) is 16.5. The maximum Gasteiger partial charge on any atom is 0.410 e. The van der Waals surface area contributed by atoms with Crippen LogP contribution in [0.15, 0.2) is 29.2 Å². The largest absolute Gasteiger partial charge is 0.444 e. The highest BCUT2D eigenvalue weighted by Crippen LogP contribution is 2.30. The zero-order chi connectivity index (χ0) is 19.2. The molecule has 1 aromatic rings. The summed E-state index contributed by atoms with van der Waals surface area (Å²) in [7, 11) is 0. The molecule has 1 N–H and O–H groups in total. The number of hydrogen-bond acceptors (Lipinski definition) is 4. The monoisotopic (exact) mass is 379 g/mol. The highest BCUT2D eigenvalue weighted by Gasteiger charge is 2.26. The van der Waals surface area contributed by atoms with E-state index in [0.717, 1.165) is 55.7 Å². The standard InChI is InChI=1S/C21H33NO3S/c1-21(2,3)25-20(24)22-14-12-16(13-15-22)8-7-10-18(23)17-9-5-6-11-19(17)26-4/h5-6,9,11,16,18,23H,7-8,10,12-15H2,1-4H3. The molecule has 2 rings (SSSR count). The molecule has 146 valence electrons. The molecule has 1 heterocycles. The number of aliphatic hydroxyl groups excluding tert-OH is 1. The predicted octanol–water partition coefficient (Wildman–Crippen LogP) is 5.26. The summed E-state index contributed by atoms with van der Waals surface area (Å²) in [5.74, 6) is 0.636. The number of carbonyl (C=O) groups excluding carboxylic acids is 1. The molecule has 1 atom stereocenters. The Hall–Kier alpha value is -1.20. The molecule has 0 bridgehead atoms. The van der Waals surface area contributed by atoms with E-state index in [-0.39, 0.29) is 12.2 Å². The minimum atomic E-state index is -0.433. The van der Waals surface area contributed by atoms with Gasteiger partial charge in [-0.2, -0.15) is 0 Å². The van der Waals surface area contributed by atoms with Crippen LogP contribution in [0.5, 0.6) is 0 Å². The summed E-state index contributed by atoms with van der Waals surface area (Å²) in [6.45, 7) is 7.25. The molecule has 1 saturated heterocycles. The smallest absolute Gasteiger partial charge is 0.410 e. The first-order chi connectivity index (χ1) is 12.3. The van der Waals surface area contributed by atoms with E-state index >= 15 is 0 Å². The molecule has 0 aliphatic carbocycles. The summed E-state index contributed by atoms with van der Waals surface area (Å²) in [6, 6.07) is 8.09. The number of amides is 1. The van der Waals surface area contributed by atoms with Crippen LogP contribution >= 0.6 is 11.8 Å². The third-order valence-electron chi connectivity index (χ3n) is 4.85. The van der Waals surface area contributed by atoms with Crippen molar-refractivity contribution in [2.24, 2.45) is 5.92 Å². The van der Waals surface area contributed by atoms with Crippen molar-refractivity contribution in [2.45, 2.75) is 69.5 Å². The number of nitrogens with zero attached hydrogens (tertiary/aromatic N) is 1. The Morgan fingerprint density at radius 3 is 2.58 bits per heavy atom. The highest BCUT2D eigenvalue weighted by molar-refractivity contribution is 7.98. The van der Waals surface area contributed by atoms with Gasteiger partial charge in [0.05, 0.1) is 6.10 Å². The maximum atomic E-state index is 12.1. The lowest BCUT2D eigenvalue weighted by atomic mass is 9.90. The molecule has 0 aromatic heterocycles. The Morgan fingerprint density at radius 1 is 1.31 bits per heavy atom. The average Bonchev–Trinajstić information content (AvgIpc) is 2.60. The lowest BCUT2D eigenvalue weighted by Gasteiger charge is -2.33. The van der Waals surface area contributed by atoms with Gasteiger partial charge in [0.1, 0.15) is 5.60 Å². The first-order valence-corrected chi connectivity index (χ1v) is 10.8. The summed E-state index contributed by atoms with van der Waals surface area (Å²) in [4.78, 5) is 15.1. The second-order valence-corrected chi connectivity index (χ2v) is 8.95. The molecule has 4 nitrogen and oxygen atoms in total. The van der Waals surface area contributed by atoms with Crippen molar-refractivity contribution in [1.29, 1.82) is 0 Å². The van der Waals surface area contributed by atoms with Gasteiger partial charge in [-0.1, -0.05) is 31.0 Å². The quantitative estimate of drug-likeness (QED) is 0.685. The number of benzene rings is 1. The van der Waals surface area contributed by atoms with E-state index in [0.29, 0.717) is 5.92 Å². The van der Waals surface area contributed by atoms with Gasteiger partial charge < -0.3 is 14.7 Å². The van der Waals surface area contributed by atoms with Crippen LogP contribution < -0.4 is 0 Å². The van der Waals surface area contributed by atoms with Crippen molar-refractivity contribution in [3.05, 3.63) is 29.8 Å². The number of ether oxygens (including phenoxy) is 1. The third kappa shape index (κ3) is 6.51. The minimum absolute atomic E-state index is 0.194. The Labute approximate surface area is 162 Å². The van der Waals surface area contributed by atoms with Gasteiger partial charge in [0.2, 0.25) is 0 Å². The Morgan fingerprint density at radius 2 is 1.96 bits per heavy atom. The molecule has 26 heavy (non-hydrogen) atoms. The molecule has 1 aliphatic rings. The second kappa shape index (κ2) is 9.65. The number of thioether (sulfide) groups is 1. The highest BCUT2D eigenvalue weighted by atomic mass is 32.2. The Kier molecular flexibility index (Phi) is 7.84. The van der Waals surface area contributed by atoms with E-state index in [2.05, 4.69) is 6.07 Å². The summed E-state index contributed by atoms with van der Waals surface area (Å²) >= 11 is 1.68. The van der Waals surface area contributed by atoms with Crippen molar-refractivity contribution in [2.75, 3.05) is 19.3 Å². The van der Waals surface area contributed by atoms with Gasteiger partial charge in [0, 0.05) is 18.0 Å². The molecule has 1 unspecified atom stereocenters. The van der Waals surface area contributed by atoms with E-state index in [1.165, 1.54) is 0 Å². The van der Waals surface area contributed by atoms with Gasteiger partial charge >= 0.3 is 6.09 Å². The van der Waals surface area contributed by atoms with Crippen LogP contribution in [0.4, 0.5) is 4.79 Å². The first kappa shape index (κ1) is 21.1. The molecule has 0 spiro atoms. The van der Waals surface area contributed by atoms with E-state index in [1.54, 1.807) is 11.8 Å². The molecule has 1 aliphatic heterocycles. The van der Waals surface area contributed by atoms with Gasteiger partial charge in [-0.05, 0) is 63.8 Å². The molecule has 0 radical (unpaired) electrons. The van der Waals surface area contributed by atoms with Crippen LogP contribution in [0.1, 0.15) is 64.5 Å². The molecule has 0 saturated carbocycles. The number of carbonyl (C=O) groups is 1. The summed E-state index contributed by atoms with van der Waals surface area (Å²) in [5, 5.41) is 10.5. The topological polar surface area (TPSA) is 49.8 Å². The fourth-order valence-corrected chi connectivity index (χ4v) is 4.08. The molecular weight excluding hydrogens is 346 g/mol. The minimum Gasteiger partial charge on any atom is -0.444 e. The summed E-state index contributed by atoms with van der Waals surface area (Å²) in [6.07, 6.45) is 6.43. The van der Waals surface area contributed by atoms with Crippen LogP contribution in [-0.4, -0.2) is 41.0 Å². The Bertz CT molecular complexity index is 577. The molecule has 1 fully saturated rings. The van der Waals surface area contributed by atoms with Crippen molar-refractivity contribution in [1.82, 2.24) is 4.90 Å². The number of rotatable bonds is 6. The van der Waals surface area contributed by atoms with Gasteiger partial charge in [0.15, 0.2) is 0 Å². The number of aliphatic hydroxyl groups is 1. The van der Waals surface area contributed by atoms with E-state index in [1.807, 2.05) is 50.1 Å². The van der Waals surface area contributed by atoms with Gasteiger partial charge in [-0.3, -0.25) is 0 Å². The number of piperidine rings is 1. The van der Waals surface area contributed by atoms with Gasteiger partial charge in [-0.25, -0.2) is 4.79 Å². The van der Waals surface area contributed by atoms with Crippen molar-refractivity contribution < 1.29 is 14.6 Å². The fraction of sp³-hybridized carbons (Fsp3) is 0.667. The van der Waals surface area contributed by atoms with Crippen molar-refractivity contribution in [3.63, 3.8) is 0 Å². The SMILES string of the molecule is CSc1ccccc1C(O)CCCC1CCN(C(=O)OC(C)(C)C)CC1. The zero-order valence-corrected chi connectivity index (χ0v) is 17.3. The lowest BCUT2D eigenvalue weighted by molar-refractivity contribution is 0.0179. The normalized spacial score (nSPS) is 17.2. The molecule has 1 amide bonds. The van der Waals surface area contributed by atoms with Crippen LogP contribution in [0.3, 0.4) is 0 Å². The summed E-state index contributed by atoms with van der Waals surface area (Å²) < 4.78 is 5.45. The van der Waals surface area contributed by atoms with Crippen LogP contribution in [0.25, 0.3) is 0 Å². The maximum absolute atomic E-state index is 12.1. The average molecular weight is 380 g/mol. The van der Waals surface area contributed by atoms with Gasteiger partial charge in [-0.15, -0.1) is 11.8 Å². The second-order valence-electron chi connectivity index (χ2n) is 8.10. The van der Waals surface area contributed by atoms with E-state index in [4.69, 9.17) is 4.74 Å². The lowest BCUT2D eigenvalue weighted by Crippen LogP contribution is -2.41. The van der Waals surface area contributed by atoms with Crippen molar-refractivity contribution in [3.8, 4) is 0 Å². The first-order valence-electron chi connectivity index (χ1n) is 9.59. The number of hydrogen-bond donors (Lipinski definition) is 1. The van der Waals surface area contributed by atoms with E-state index in [9.17, 15) is 9.90 Å². The fourth-order valence-electron chi connectivity index (χ4n) is 3.43. The predicted molar refractivity (Wildman–Crippen MR) is 108 cm³/mol. The van der Waals surface area contributed by atoms with Gasteiger partial charge in [0.25, 0.3) is 0 Å². The summed E-state index contributed by atoms with van der Waals surface area (Å²) in [5.41, 5.74) is 0.608. The van der Waals surface area contributed by atoms with Crippen LogP contribution in [0, 0.1) is 5.92 Å². The Balaban J connectivity index is 1.71. The van der Waals surface area contributed by atoms with Crippen LogP contribution in [0.2, 0.25) is 0 Å². The van der Waals surface area contributed by atoms with E-state index < -0.39 is 5.60 Å². The van der Waals surface area contributed by atoms with Crippen molar-refractivity contribution >= 4 is 17.9 Å². The number of likely N-dealkylation sites (tertiary alicyclic amines) is 1. The molecular formula is C21H33NO3S. The molecule has 1 aromatic carbocycles.